The SMILES string of the molecule is CCCCCCCCC/C=C\CCCCCCCCCC(=O)OCCCCCCCCCCCCCCCCCCCCCCCCCCCCCCCCCC(=O)NC(COC1OC(CO)C(O)C(O)C1O)C(O)/C=C/CCCCCCCCC. The Morgan fingerprint density at radius 1 is 0.419 bits per heavy atom. The summed E-state index contributed by atoms with van der Waals surface area (Å²) < 4.78 is 16.7. The van der Waals surface area contributed by atoms with Crippen molar-refractivity contribution in [1.29, 1.82) is 0 Å². The number of amides is 1. The Balaban J connectivity index is 1.86. The summed E-state index contributed by atoms with van der Waals surface area (Å²) in [5.41, 5.74) is 0. The molecule has 11 nitrogen and oxygen atoms in total. The van der Waals surface area contributed by atoms with Gasteiger partial charge in [-0.15, -0.1) is 0 Å². The molecule has 508 valence electrons. The maximum absolute atomic E-state index is 13.0. The molecule has 6 N–H and O–H groups in total. The molecule has 11 heteroatoms. The number of aliphatic hydroxyl groups is 5. The van der Waals surface area contributed by atoms with E-state index in [1.54, 1.807) is 6.08 Å². The van der Waals surface area contributed by atoms with Gasteiger partial charge in [0.25, 0.3) is 0 Å². The van der Waals surface area contributed by atoms with Crippen LogP contribution in [-0.2, 0) is 23.8 Å². The highest BCUT2D eigenvalue weighted by Crippen LogP contribution is 2.24. The molecule has 1 aliphatic heterocycles. The van der Waals surface area contributed by atoms with Crippen molar-refractivity contribution in [3.8, 4) is 0 Å². The van der Waals surface area contributed by atoms with Gasteiger partial charge in [0.05, 0.1) is 32.0 Å². The topological polar surface area (TPSA) is 175 Å². The van der Waals surface area contributed by atoms with Crippen molar-refractivity contribution in [1.82, 2.24) is 5.32 Å². The van der Waals surface area contributed by atoms with E-state index < -0.39 is 49.5 Å². The Labute approximate surface area is 531 Å². The zero-order valence-electron chi connectivity index (χ0n) is 56.6. The molecule has 0 aromatic heterocycles. The standard InChI is InChI=1S/C75H143NO10/c1-3-5-7-9-11-13-14-15-16-17-34-37-40-43-47-51-55-59-63-71(80)84-64-60-56-52-48-44-41-38-35-32-30-28-26-24-22-20-18-19-21-23-25-27-29-31-33-36-39-42-46-50-54-58-62-70(79)76-67(68(78)61-57-53-49-45-12-10-8-6-4-2)66-85-75-74(83)73(82)72(81)69(65-77)86-75/h16-17,57,61,67-69,72-75,77-78,81-83H,3-15,18-56,58-60,62-66H2,1-2H3,(H,76,79)/b17-16-,61-57+. The minimum absolute atomic E-state index is 0.0105. The zero-order chi connectivity index (χ0) is 62.3. The molecule has 0 spiro atoms. The number of ether oxygens (including phenoxy) is 3. The first kappa shape index (κ1) is 82.2. The van der Waals surface area contributed by atoms with E-state index in [-0.39, 0.29) is 18.5 Å². The van der Waals surface area contributed by atoms with Gasteiger partial charge in [-0.05, 0) is 57.8 Å². The zero-order valence-corrected chi connectivity index (χ0v) is 56.6. The van der Waals surface area contributed by atoms with Crippen LogP contribution in [-0.4, -0.2) is 100 Å². The molecule has 1 fully saturated rings. The predicted octanol–water partition coefficient (Wildman–Crippen LogP) is 19.6. The first-order valence-corrected chi connectivity index (χ1v) is 37.6. The summed E-state index contributed by atoms with van der Waals surface area (Å²) in [6.07, 6.45) is 72.1. The van der Waals surface area contributed by atoms with Crippen molar-refractivity contribution in [2.45, 2.75) is 423 Å². The second kappa shape index (κ2) is 64.7. The van der Waals surface area contributed by atoms with E-state index in [1.807, 2.05) is 6.08 Å². The van der Waals surface area contributed by atoms with Crippen LogP contribution in [0.15, 0.2) is 24.3 Å². The second-order valence-electron chi connectivity index (χ2n) is 26.4. The summed E-state index contributed by atoms with van der Waals surface area (Å²) >= 11 is 0. The number of rotatable bonds is 67. The van der Waals surface area contributed by atoms with Gasteiger partial charge in [-0.2, -0.15) is 0 Å². The number of aliphatic hydroxyl groups excluding tert-OH is 5. The van der Waals surface area contributed by atoms with Crippen LogP contribution in [0.4, 0.5) is 0 Å². The van der Waals surface area contributed by atoms with Crippen molar-refractivity contribution in [3.05, 3.63) is 24.3 Å². The van der Waals surface area contributed by atoms with Gasteiger partial charge in [0, 0.05) is 12.8 Å². The van der Waals surface area contributed by atoms with E-state index >= 15 is 0 Å². The first-order chi connectivity index (χ1) is 42.2. The van der Waals surface area contributed by atoms with Crippen molar-refractivity contribution >= 4 is 11.9 Å². The van der Waals surface area contributed by atoms with Crippen molar-refractivity contribution in [3.63, 3.8) is 0 Å². The van der Waals surface area contributed by atoms with Gasteiger partial charge in [-0.25, -0.2) is 0 Å². The van der Waals surface area contributed by atoms with Gasteiger partial charge in [-0.3, -0.25) is 9.59 Å². The normalized spacial score (nSPS) is 18.0. The van der Waals surface area contributed by atoms with Gasteiger partial charge >= 0.3 is 5.97 Å². The summed E-state index contributed by atoms with van der Waals surface area (Å²) in [6, 6.07) is -0.805. The number of esters is 1. The lowest BCUT2D eigenvalue weighted by Gasteiger charge is -2.40. The number of hydrogen-bond donors (Lipinski definition) is 6. The van der Waals surface area contributed by atoms with E-state index in [0.717, 1.165) is 57.8 Å². The molecule has 7 atom stereocenters. The fraction of sp³-hybridized carbons (Fsp3) is 0.920. The monoisotopic (exact) mass is 1220 g/mol. The van der Waals surface area contributed by atoms with Gasteiger partial charge in [0.1, 0.15) is 24.4 Å². The fourth-order valence-corrected chi connectivity index (χ4v) is 12.1. The number of hydrogen-bond acceptors (Lipinski definition) is 10. The van der Waals surface area contributed by atoms with E-state index in [2.05, 4.69) is 31.3 Å². The minimum Gasteiger partial charge on any atom is -0.466 e. The van der Waals surface area contributed by atoms with Crippen molar-refractivity contribution < 1.29 is 49.3 Å². The van der Waals surface area contributed by atoms with Crippen LogP contribution in [0.2, 0.25) is 0 Å². The van der Waals surface area contributed by atoms with Crippen LogP contribution in [0, 0.1) is 0 Å². The maximum atomic E-state index is 13.0. The molecule has 1 amide bonds. The number of nitrogens with one attached hydrogen (secondary N) is 1. The van der Waals surface area contributed by atoms with Gasteiger partial charge < -0.3 is 45.1 Å². The lowest BCUT2D eigenvalue weighted by molar-refractivity contribution is -0.302. The summed E-state index contributed by atoms with van der Waals surface area (Å²) in [4.78, 5) is 25.1. The third kappa shape index (κ3) is 52.9. The van der Waals surface area contributed by atoms with Crippen molar-refractivity contribution in [2.24, 2.45) is 0 Å². The van der Waals surface area contributed by atoms with E-state index in [1.165, 1.54) is 295 Å². The Morgan fingerprint density at radius 2 is 0.744 bits per heavy atom. The van der Waals surface area contributed by atoms with Crippen LogP contribution in [0.1, 0.15) is 380 Å². The number of carbonyl (C=O) groups is 2. The molecule has 1 heterocycles. The smallest absolute Gasteiger partial charge is 0.305 e. The average molecular weight is 1220 g/mol. The highest BCUT2D eigenvalue weighted by molar-refractivity contribution is 5.76. The Hall–Kier alpha value is -1.86. The van der Waals surface area contributed by atoms with Gasteiger partial charge in [0.15, 0.2) is 6.29 Å². The fourth-order valence-electron chi connectivity index (χ4n) is 12.1. The first-order valence-electron chi connectivity index (χ1n) is 37.6. The van der Waals surface area contributed by atoms with Crippen LogP contribution in [0.3, 0.4) is 0 Å². The van der Waals surface area contributed by atoms with Crippen LogP contribution >= 0.6 is 0 Å². The molecular weight excluding hydrogens is 1070 g/mol. The highest BCUT2D eigenvalue weighted by atomic mass is 16.7. The molecule has 0 aromatic rings. The third-order valence-corrected chi connectivity index (χ3v) is 18.1. The summed E-state index contributed by atoms with van der Waals surface area (Å²) in [6.45, 7) is 4.36. The molecule has 1 aliphatic rings. The minimum atomic E-state index is -1.57. The predicted molar refractivity (Wildman–Crippen MR) is 361 cm³/mol. The maximum Gasteiger partial charge on any atom is 0.305 e. The molecule has 0 bridgehead atoms. The second-order valence-corrected chi connectivity index (χ2v) is 26.4. The lowest BCUT2D eigenvalue weighted by atomic mass is 9.99. The molecular formula is C75H143NO10. The number of allylic oxidation sites excluding steroid dienone is 3. The Morgan fingerprint density at radius 3 is 1.12 bits per heavy atom. The quantitative estimate of drug-likeness (QED) is 0.0195. The summed E-state index contributed by atoms with van der Waals surface area (Å²) in [5.74, 6) is -0.167. The average Bonchev–Trinajstić information content (AvgIpc) is 3.60. The summed E-state index contributed by atoms with van der Waals surface area (Å²) in [7, 11) is 0. The molecule has 1 rings (SSSR count). The van der Waals surface area contributed by atoms with Gasteiger partial charge in [-0.1, -0.05) is 334 Å². The Bertz CT molecular complexity index is 1480. The molecule has 0 saturated carbocycles. The summed E-state index contributed by atoms with van der Waals surface area (Å²) in [5, 5.41) is 54.3. The van der Waals surface area contributed by atoms with Crippen LogP contribution < -0.4 is 5.32 Å². The Kier molecular flexibility index (Phi) is 61.8. The molecule has 7 unspecified atom stereocenters. The number of carbonyl (C=O) groups excluding carboxylic acids is 2. The van der Waals surface area contributed by atoms with Crippen LogP contribution in [0.25, 0.3) is 0 Å². The van der Waals surface area contributed by atoms with Crippen LogP contribution in [0.5, 0.6) is 0 Å². The number of unbranched alkanes of at least 4 members (excludes halogenated alkanes) is 51. The highest BCUT2D eigenvalue weighted by Gasteiger charge is 2.44. The van der Waals surface area contributed by atoms with E-state index in [4.69, 9.17) is 14.2 Å². The third-order valence-electron chi connectivity index (χ3n) is 18.1. The van der Waals surface area contributed by atoms with Gasteiger partial charge in [0.2, 0.25) is 5.91 Å². The van der Waals surface area contributed by atoms with Crippen molar-refractivity contribution in [2.75, 3.05) is 19.8 Å². The largest absolute Gasteiger partial charge is 0.466 e. The molecule has 0 aliphatic carbocycles. The molecule has 0 radical (unpaired) electrons. The lowest BCUT2D eigenvalue weighted by Crippen LogP contribution is -2.60. The van der Waals surface area contributed by atoms with E-state index in [9.17, 15) is 35.1 Å². The molecule has 1 saturated heterocycles. The molecule has 0 aromatic carbocycles. The molecule has 86 heavy (non-hydrogen) atoms. The van der Waals surface area contributed by atoms with E-state index in [0.29, 0.717) is 19.4 Å².